The van der Waals surface area contributed by atoms with Gasteiger partial charge in [-0.1, -0.05) is 34.6 Å². The molecule has 0 rings (SSSR count). The zero-order valence-corrected chi connectivity index (χ0v) is 10.3. The molecule has 0 fully saturated rings. The molecule has 0 saturated heterocycles. The molecule has 0 spiro atoms. The molecule has 0 aliphatic heterocycles. The second-order valence-corrected chi connectivity index (χ2v) is 5.43. The van der Waals surface area contributed by atoms with E-state index in [1.807, 2.05) is 0 Å². The summed E-state index contributed by atoms with van der Waals surface area (Å²) in [5, 5.41) is 3.47. The molecule has 0 heterocycles. The lowest BCUT2D eigenvalue weighted by atomic mass is 9.79. The van der Waals surface area contributed by atoms with Gasteiger partial charge >= 0.3 is 0 Å². The maximum atomic E-state index is 3.47. The van der Waals surface area contributed by atoms with Crippen LogP contribution in [0.15, 0.2) is 0 Å². The maximum absolute atomic E-state index is 3.47. The molecule has 1 atom stereocenters. The van der Waals surface area contributed by atoms with Crippen molar-refractivity contribution >= 4 is 0 Å². The predicted octanol–water partition coefficient (Wildman–Crippen LogP) is 3.45. The van der Waals surface area contributed by atoms with Crippen molar-refractivity contribution in [3.63, 3.8) is 0 Å². The molecule has 0 aromatic carbocycles. The highest BCUT2D eigenvalue weighted by molar-refractivity contribution is 4.75. The van der Waals surface area contributed by atoms with Crippen LogP contribution in [0.25, 0.3) is 0 Å². The van der Waals surface area contributed by atoms with Gasteiger partial charge in [-0.2, -0.15) is 0 Å². The van der Waals surface area contributed by atoms with Gasteiger partial charge in [0.25, 0.3) is 0 Å². The molecule has 0 aromatic rings. The van der Waals surface area contributed by atoms with E-state index >= 15 is 0 Å². The van der Waals surface area contributed by atoms with E-state index in [1.54, 1.807) is 0 Å². The normalized spacial score (nSPS) is 15.0. The van der Waals surface area contributed by atoms with Gasteiger partial charge in [-0.05, 0) is 37.6 Å². The van der Waals surface area contributed by atoms with Crippen LogP contribution in [0.2, 0.25) is 0 Å². The van der Waals surface area contributed by atoms with Gasteiger partial charge in [0, 0.05) is 6.04 Å². The van der Waals surface area contributed by atoms with E-state index in [-0.39, 0.29) is 0 Å². The molecule has 0 saturated carbocycles. The fraction of sp³-hybridized carbons (Fsp3) is 1.00. The van der Waals surface area contributed by atoms with E-state index in [1.165, 1.54) is 12.8 Å². The highest BCUT2D eigenvalue weighted by Gasteiger charge is 2.21. The molecule has 0 radical (unpaired) electrons. The summed E-state index contributed by atoms with van der Waals surface area (Å²) < 4.78 is 0. The first-order valence-corrected chi connectivity index (χ1v) is 5.60. The van der Waals surface area contributed by atoms with Gasteiger partial charge in [-0.15, -0.1) is 0 Å². The minimum atomic E-state index is 0.482. The van der Waals surface area contributed by atoms with Crippen molar-refractivity contribution in [1.82, 2.24) is 5.32 Å². The molecule has 13 heavy (non-hydrogen) atoms. The van der Waals surface area contributed by atoms with Crippen molar-refractivity contribution in [3.05, 3.63) is 0 Å². The predicted molar refractivity (Wildman–Crippen MR) is 61.0 cm³/mol. The number of rotatable bonds is 6. The van der Waals surface area contributed by atoms with Crippen LogP contribution in [0.3, 0.4) is 0 Å². The van der Waals surface area contributed by atoms with E-state index in [0.29, 0.717) is 11.5 Å². The molecule has 80 valence electrons. The number of nitrogens with one attached hydrogen (secondary N) is 1. The van der Waals surface area contributed by atoms with Crippen LogP contribution in [0.4, 0.5) is 0 Å². The van der Waals surface area contributed by atoms with Crippen molar-refractivity contribution in [2.45, 2.75) is 60.4 Å². The molecule has 1 heteroatoms. The lowest BCUT2D eigenvalue weighted by Gasteiger charge is -2.30. The second-order valence-electron chi connectivity index (χ2n) is 5.43. The molecular weight excluding hydrogens is 158 g/mol. The molecule has 0 amide bonds. The van der Waals surface area contributed by atoms with Crippen LogP contribution in [0.1, 0.15) is 54.4 Å². The van der Waals surface area contributed by atoms with Crippen LogP contribution in [0, 0.1) is 11.3 Å². The Kier molecular flexibility index (Phi) is 5.62. The quantitative estimate of drug-likeness (QED) is 0.668. The van der Waals surface area contributed by atoms with Gasteiger partial charge in [0.05, 0.1) is 0 Å². The molecule has 1 nitrogen and oxygen atoms in total. The molecule has 0 bridgehead atoms. The topological polar surface area (TPSA) is 12.0 Å². The zero-order valence-electron chi connectivity index (χ0n) is 10.3. The highest BCUT2D eigenvalue weighted by Crippen LogP contribution is 2.30. The third kappa shape index (κ3) is 7.06. The van der Waals surface area contributed by atoms with Crippen molar-refractivity contribution in [1.29, 1.82) is 0 Å². The van der Waals surface area contributed by atoms with Crippen molar-refractivity contribution in [2.75, 3.05) is 6.54 Å². The van der Waals surface area contributed by atoms with E-state index in [2.05, 4.69) is 46.9 Å². The molecule has 0 aromatic heterocycles. The Labute approximate surface area is 84.3 Å². The second kappa shape index (κ2) is 5.64. The fourth-order valence-corrected chi connectivity index (χ4v) is 2.44. The summed E-state index contributed by atoms with van der Waals surface area (Å²) in [6.45, 7) is 14.9. The Morgan fingerprint density at radius 3 is 2.00 bits per heavy atom. The van der Waals surface area contributed by atoms with E-state index in [4.69, 9.17) is 0 Å². The minimum Gasteiger partial charge on any atom is -0.315 e. The van der Waals surface area contributed by atoms with Crippen molar-refractivity contribution in [2.24, 2.45) is 11.3 Å². The highest BCUT2D eigenvalue weighted by atomic mass is 14.9. The first-order valence-electron chi connectivity index (χ1n) is 5.60. The maximum Gasteiger partial charge on any atom is 0.00436 e. The molecule has 1 N–H and O–H groups in total. The summed E-state index contributed by atoms with van der Waals surface area (Å²) in [6, 6.07) is 0.652. The number of hydrogen-bond acceptors (Lipinski definition) is 1. The van der Waals surface area contributed by atoms with Gasteiger partial charge in [-0.3, -0.25) is 0 Å². The average Bonchev–Trinajstić information content (AvgIpc) is 1.81. The van der Waals surface area contributed by atoms with Gasteiger partial charge in [0.15, 0.2) is 0 Å². The fourth-order valence-electron chi connectivity index (χ4n) is 2.44. The standard InChI is InChI=1S/C12H27N/c1-7-13-11(4)9-12(5,6)8-10(2)3/h10-11,13H,7-9H2,1-6H3. The van der Waals surface area contributed by atoms with Crippen LogP contribution < -0.4 is 5.32 Å². The van der Waals surface area contributed by atoms with Crippen LogP contribution in [-0.2, 0) is 0 Å². The van der Waals surface area contributed by atoms with Gasteiger partial charge < -0.3 is 5.32 Å². The average molecular weight is 185 g/mol. The summed E-state index contributed by atoms with van der Waals surface area (Å²) in [6.07, 6.45) is 2.60. The van der Waals surface area contributed by atoms with Crippen LogP contribution in [0.5, 0.6) is 0 Å². The Morgan fingerprint density at radius 2 is 1.62 bits per heavy atom. The first kappa shape index (κ1) is 13.0. The van der Waals surface area contributed by atoms with E-state index < -0.39 is 0 Å². The summed E-state index contributed by atoms with van der Waals surface area (Å²) in [5.41, 5.74) is 0.482. The summed E-state index contributed by atoms with van der Waals surface area (Å²) >= 11 is 0. The van der Waals surface area contributed by atoms with Gasteiger partial charge in [0.1, 0.15) is 0 Å². The van der Waals surface area contributed by atoms with Gasteiger partial charge in [-0.25, -0.2) is 0 Å². The van der Waals surface area contributed by atoms with Gasteiger partial charge in [0.2, 0.25) is 0 Å². The molecular formula is C12H27N. The molecule has 0 aliphatic carbocycles. The van der Waals surface area contributed by atoms with Crippen molar-refractivity contribution < 1.29 is 0 Å². The largest absolute Gasteiger partial charge is 0.315 e. The molecule has 1 unspecified atom stereocenters. The Morgan fingerprint density at radius 1 is 1.08 bits per heavy atom. The Balaban J connectivity index is 3.85. The Bertz CT molecular complexity index is 127. The smallest absolute Gasteiger partial charge is 0.00436 e. The SMILES string of the molecule is CCNC(C)CC(C)(C)CC(C)C. The lowest BCUT2D eigenvalue weighted by Crippen LogP contribution is -2.31. The summed E-state index contributed by atoms with van der Waals surface area (Å²) in [7, 11) is 0. The Hall–Kier alpha value is -0.0400. The monoisotopic (exact) mass is 185 g/mol. The lowest BCUT2D eigenvalue weighted by molar-refractivity contribution is 0.238. The molecule has 0 aliphatic rings. The third-order valence-electron chi connectivity index (χ3n) is 2.37. The number of hydrogen-bond donors (Lipinski definition) is 1. The van der Waals surface area contributed by atoms with Crippen molar-refractivity contribution in [3.8, 4) is 0 Å². The summed E-state index contributed by atoms with van der Waals surface area (Å²) in [4.78, 5) is 0. The zero-order chi connectivity index (χ0) is 10.5. The summed E-state index contributed by atoms with van der Waals surface area (Å²) in [5.74, 6) is 0.809. The van der Waals surface area contributed by atoms with Crippen LogP contribution >= 0.6 is 0 Å². The third-order valence-corrected chi connectivity index (χ3v) is 2.37. The van der Waals surface area contributed by atoms with E-state index in [0.717, 1.165) is 12.5 Å². The van der Waals surface area contributed by atoms with E-state index in [9.17, 15) is 0 Å². The van der Waals surface area contributed by atoms with Crippen LogP contribution in [-0.4, -0.2) is 12.6 Å². The minimum absolute atomic E-state index is 0.482. The first-order chi connectivity index (χ1) is 5.87.